The van der Waals surface area contributed by atoms with E-state index in [1.54, 1.807) is 12.4 Å². The quantitative estimate of drug-likeness (QED) is 0.623. The van der Waals surface area contributed by atoms with Gasteiger partial charge in [0.05, 0.1) is 0 Å². The van der Waals surface area contributed by atoms with E-state index in [1.165, 1.54) is 0 Å². The second-order valence-corrected chi connectivity index (χ2v) is 3.57. The molecule has 0 amide bonds. The van der Waals surface area contributed by atoms with Gasteiger partial charge in [-0.1, -0.05) is 0 Å². The predicted molar refractivity (Wildman–Crippen MR) is 56.6 cm³/mol. The summed E-state index contributed by atoms with van der Waals surface area (Å²) in [5.41, 5.74) is 0. The van der Waals surface area contributed by atoms with Crippen LogP contribution in [0.15, 0.2) is 12.4 Å². The van der Waals surface area contributed by atoms with Crippen LogP contribution in [0.4, 0.5) is 0 Å². The van der Waals surface area contributed by atoms with Crippen LogP contribution in [-0.4, -0.2) is 33.6 Å². The van der Waals surface area contributed by atoms with Crippen molar-refractivity contribution in [3.8, 4) is 0 Å². The first-order valence-corrected chi connectivity index (χ1v) is 5.12. The summed E-state index contributed by atoms with van der Waals surface area (Å²) in [6.45, 7) is 2.80. The summed E-state index contributed by atoms with van der Waals surface area (Å²) in [7, 11) is 0. The van der Waals surface area contributed by atoms with Gasteiger partial charge in [0.25, 0.3) is 0 Å². The molecule has 0 aliphatic carbocycles. The summed E-state index contributed by atoms with van der Waals surface area (Å²) >= 11 is 0. The molecule has 0 aliphatic heterocycles. The van der Waals surface area contributed by atoms with Crippen molar-refractivity contribution in [1.82, 2.24) is 15.3 Å². The van der Waals surface area contributed by atoms with Gasteiger partial charge >= 0.3 is 5.97 Å². The van der Waals surface area contributed by atoms with Gasteiger partial charge in [-0.2, -0.15) is 0 Å². The van der Waals surface area contributed by atoms with Crippen LogP contribution in [0.25, 0.3) is 0 Å². The Morgan fingerprint density at radius 1 is 1.73 bits per heavy atom. The number of H-pyrrole nitrogens is 1. The van der Waals surface area contributed by atoms with Crippen LogP contribution in [0.1, 0.15) is 25.6 Å². The number of hydrogen-bond acceptors (Lipinski definition) is 3. The molecule has 0 saturated heterocycles. The van der Waals surface area contributed by atoms with Crippen LogP contribution in [-0.2, 0) is 11.2 Å². The third kappa shape index (κ3) is 5.17. The average Bonchev–Trinajstić information content (AvgIpc) is 2.67. The zero-order chi connectivity index (χ0) is 11.1. The lowest BCUT2D eigenvalue weighted by molar-refractivity contribution is -0.137. The number of rotatable bonds is 7. The molecule has 5 heteroatoms. The zero-order valence-electron chi connectivity index (χ0n) is 8.86. The van der Waals surface area contributed by atoms with Crippen molar-refractivity contribution < 1.29 is 9.90 Å². The molecular weight excluding hydrogens is 194 g/mol. The highest BCUT2D eigenvalue weighted by molar-refractivity contribution is 5.66. The van der Waals surface area contributed by atoms with Crippen LogP contribution >= 0.6 is 0 Å². The molecule has 0 saturated carbocycles. The van der Waals surface area contributed by atoms with E-state index in [9.17, 15) is 4.79 Å². The number of carbonyl (C=O) groups is 1. The minimum atomic E-state index is -0.741. The highest BCUT2D eigenvalue weighted by Gasteiger charge is 2.04. The molecule has 15 heavy (non-hydrogen) atoms. The van der Waals surface area contributed by atoms with Crippen LogP contribution < -0.4 is 5.32 Å². The molecule has 1 atom stereocenters. The molecule has 0 aliphatic rings. The zero-order valence-corrected chi connectivity index (χ0v) is 8.86. The normalized spacial score (nSPS) is 12.6. The summed E-state index contributed by atoms with van der Waals surface area (Å²) < 4.78 is 0. The van der Waals surface area contributed by atoms with Crippen LogP contribution in [0, 0.1) is 0 Å². The second-order valence-electron chi connectivity index (χ2n) is 3.57. The van der Waals surface area contributed by atoms with Gasteiger partial charge in [0.2, 0.25) is 0 Å². The largest absolute Gasteiger partial charge is 0.481 e. The highest BCUT2D eigenvalue weighted by Crippen LogP contribution is 1.96. The number of carboxylic acids is 1. The predicted octanol–water partition coefficient (Wildman–Crippen LogP) is 0.795. The Morgan fingerprint density at radius 2 is 2.53 bits per heavy atom. The van der Waals surface area contributed by atoms with Crippen molar-refractivity contribution in [3.63, 3.8) is 0 Å². The molecular formula is C10H17N3O2. The lowest BCUT2D eigenvalue weighted by Gasteiger charge is -2.11. The molecule has 1 aromatic rings. The van der Waals surface area contributed by atoms with Crippen molar-refractivity contribution in [2.75, 3.05) is 6.54 Å². The maximum absolute atomic E-state index is 10.3. The van der Waals surface area contributed by atoms with Crippen LogP contribution in [0.5, 0.6) is 0 Å². The van der Waals surface area contributed by atoms with Crippen molar-refractivity contribution in [3.05, 3.63) is 18.2 Å². The van der Waals surface area contributed by atoms with Gasteiger partial charge in [-0.05, 0) is 13.3 Å². The molecule has 5 nitrogen and oxygen atoms in total. The van der Waals surface area contributed by atoms with E-state index in [2.05, 4.69) is 15.3 Å². The molecule has 1 heterocycles. The Kier molecular flexibility index (Phi) is 4.83. The number of nitrogens with zero attached hydrogens (tertiary/aromatic N) is 1. The summed E-state index contributed by atoms with van der Waals surface area (Å²) in [4.78, 5) is 17.4. The molecule has 0 spiro atoms. The number of imidazole rings is 1. The number of nitrogens with one attached hydrogen (secondary N) is 2. The Balaban J connectivity index is 2.06. The molecule has 0 bridgehead atoms. The Morgan fingerprint density at radius 3 is 3.13 bits per heavy atom. The maximum Gasteiger partial charge on any atom is 0.303 e. The third-order valence-electron chi connectivity index (χ3n) is 2.20. The smallest absolute Gasteiger partial charge is 0.303 e. The Hall–Kier alpha value is -1.36. The lowest BCUT2D eigenvalue weighted by Crippen LogP contribution is -2.28. The molecule has 1 aromatic heterocycles. The van der Waals surface area contributed by atoms with Crippen LogP contribution in [0.2, 0.25) is 0 Å². The van der Waals surface area contributed by atoms with Crippen molar-refractivity contribution in [1.29, 1.82) is 0 Å². The summed E-state index contributed by atoms with van der Waals surface area (Å²) in [6, 6.07) is 0.232. The van der Waals surface area contributed by atoms with E-state index in [-0.39, 0.29) is 12.5 Å². The number of hydrogen-bond donors (Lipinski definition) is 3. The topological polar surface area (TPSA) is 78.0 Å². The molecule has 3 N–H and O–H groups in total. The molecule has 0 radical (unpaired) electrons. The molecule has 0 aromatic carbocycles. The number of aliphatic carboxylic acids is 1. The Bertz CT molecular complexity index is 285. The van der Waals surface area contributed by atoms with Crippen molar-refractivity contribution >= 4 is 5.97 Å². The summed E-state index contributed by atoms with van der Waals surface area (Å²) in [5.74, 6) is 0.211. The summed E-state index contributed by atoms with van der Waals surface area (Å²) in [5, 5.41) is 11.7. The van der Waals surface area contributed by atoms with Gasteiger partial charge in [-0.3, -0.25) is 4.79 Å². The van der Waals surface area contributed by atoms with Gasteiger partial charge in [-0.15, -0.1) is 0 Å². The van der Waals surface area contributed by atoms with Gasteiger partial charge in [-0.25, -0.2) is 4.98 Å². The first-order chi connectivity index (χ1) is 7.18. The lowest BCUT2D eigenvalue weighted by atomic mass is 10.2. The third-order valence-corrected chi connectivity index (χ3v) is 2.20. The van der Waals surface area contributed by atoms with Crippen molar-refractivity contribution in [2.24, 2.45) is 0 Å². The average molecular weight is 211 g/mol. The number of carboxylic acid groups (broad SMARTS) is 1. The minimum Gasteiger partial charge on any atom is -0.481 e. The molecule has 84 valence electrons. The van der Waals surface area contributed by atoms with Gasteiger partial charge in [0, 0.05) is 37.8 Å². The maximum atomic E-state index is 10.3. The van der Waals surface area contributed by atoms with E-state index >= 15 is 0 Å². The molecule has 1 rings (SSSR count). The fourth-order valence-corrected chi connectivity index (χ4v) is 1.31. The van der Waals surface area contributed by atoms with Crippen LogP contribution in [0.3, 0.4) is 0 Å². The first kappa shape index (κ1) is 11.7. The second kappa shape index (κ2) is 6.19. The fraction of sp³-hybridized carbons (Fsp3) is 0.600. The summed E-state index contributed by atoms with van der Waals surface area (Å²) in [6.07, 6.45) is 5.24. The molecule has 1 unspecified atom stereocenters. The van der Waals surface area contributed by atoms with E-state index in [0.29, 0.717) is 6.42 Å². The van der Waals surface area contributed by atoms with E-state index in [0.717, 1.165) is 18.8 Å². The van der Waals surface area contributed by atoms with Gasteiger partial charge < -0.3 is 15.4 Å². The monoisotopic (exact) mass is 211 g/mol. The van der Waals surface area contributed by atoms with Crippen molar-refractivity contribution in [2.45, 2.75) is 32.2 Å². The van der Waals surface area contributed by atoms with E-state index in [4.69, 9.17) is 5.11 Å². The highest BCUT2D eigenvalue weighted by atomic mass is 16.4. The number of aromatic amines is 1. The van der Waals surface area contributed by atoms with Gasteiger partial charge in [0.1, 0.15) is 5.82 Å². The molecule has 0 fully saturated rings. The SMILES string of the molecule is CC(CCC(=O)O)NCCc1ncc[nH]1. The standard InChI is InChI=1S/C10H17N3O2/c1-8(2-3-10(14)15)11-5-4-9-12-6-7-13-9/h6-8,11H,2-5H2,1H3,(H,12,13)(H,14,15). The first-order valence-electron chi connectivity index (χ1n) is 5.12. The van der Waals surface area contributed by atoms with E-state index < -0.39 is 5.97 Å². The van der Waals surface area contributed by atoms with E-state index in [1.807, 2.05) is 6.92 Å². The van der Waals surface area contributed by atoms with Gasteiger partial charge in [0.15, 0.2) is 0 Å². The fourth-order valence-electron chi connectivity index (χ4n) is 1.31. The Labute approximate surface area is 88.9 Å². The minimum absolute atomic E-state index is 0.217. The number of aromatic nitrogens is 2.